The minimum absolute atomic E-state index is 0.00871. The lowest BCUT2D eigenvalue weighted by Gasteiger charge is -2.31. The number of carbonyl (C=O) groups excluding carboxylic acids is 18. The van der Waals surface area contributed by atoms with Crippen molar-refractivity contribution in [1.29, 1.82) is 10.8 Å². The van der Waals surface area contributed by atoms with E-state index in [1.54, 1.807) is 69.9 Å². The number of H-pyrrole nitrogens is 3. The topological polar surface area (TPSA) is 819 Å². The molecular formula is C91H144N30O22S. The van der Waals surface area contributed by atoms with Gasteiger partial charge in [0.2, 0.25) is 94.5 Å². The number of para-hydroxylation sites is 1. The number of fused-ring (bicyclic) bond motifs is 2. The number of nitrogens with zero attached hydrogens (tertiary/aromatic N) is 3. The van der Waals surface area contributed by atoms with Crippen molar-refractivity contribution in [2.45, 2.75) is 292 Å². The minimum atomic E-state index is -1.88. The normalized spacial score (nSPS) is 18.1. The number of nitrogens with two attached hydrogens (primary N) is 3. The summed E-state index contributed by atoms with van der Waals surface area (Å²) in [5, 5.41) is 108. The van der Waals surface area contributed by atoms with Crippen molar-refractivity contribution in [3.63, 3.8) is 0 Å². The summed E-state index contributed by atoms with van der Waals surface area (Å²) in [6, 6.07) is -17.0. The van der Waals surface area contributed by atoms with Crippen molar-refractivity contribution in [3.05, 3.63) is 72.5 Å². The molecule has 0 unspecified atom stereocenters. The second kappa shape index (κ2) is 58.2. The van der Waals surface area contributed by atoms with E-state index >= 15 is 0 Å². The number of rotatable bonds is 61. The summed E-state index contributed by atoms with van der Waals surface area (Å²) in [6.45, 7) is 11.6. The van der Waals surface area contributed by atoms with Crippen molar-refractivity contribution >= 4 is 141 Å². The lowest BCUT2D eigenvalue weighted by atomic mass is 9.99. The van der Waals surface area contributed by atoms with E-state index in [0.717, 1.165) is 30.4 Å². The Hall–Kier alpha value is -13.7. The van der Waals surface area contributed by atoms with Crippen LogP contribution in [0.2, 0.25) is 0 Å². The van der Waals surface area contributed by atoms with Crippen molar-refractivity contribution in [2.75, 3.05) is 51.8 Å². The fourth-order valence-corrected chi connectivity index (χ4v) is 17.9. The lowest BCUT2D eigenvalue weighted by molar-refractivity contribution is -0.145. The van der Waals surface area contributed by atoms with Crippen LogP contribution in [-0.4, -0.2) is 340 Å². The third-order valence-corrected chi connectivity index (χ3v) is 26.1. The number of aliphatic hydroxyl groups excluding tert-OH is 4. The number of hydrogen-bond acceptors (Lipinski definition) is 28. The summed E-state index contributed by atoms with van der Waals surface area (Å²) in [5.74, 6) is -17.1. The van der Waals surface area contributed by atoms with Crippen LogP contribution in [0, 0.1) is 28.6 Å². The van der Waals surface area contributed by atoms with Crippen LogP contribution in [-0.2, 0) is 101 Å². The number of aromatic nitrogens is 5. The summed E-state index contributed by atoms with van der Waals surface area (Å²) in [4.78, 5) is 268. The third-order valence-electron chi connectivity index (χ3n) is 24.6. The van der Waals surface area contributed by atoms with Crippen LogP contribution < -0.4 is 118 Å². The SMILES string of the molecule is CC(=O)[C@H](CCCCNC(=O)CCCC[C@@H]1SC[C@@H]2NC(=O)N[C@@H]21)NC(=O)[C@@H](NC(=O)[C@H](CO)NC(=O)[C@H](Cc1c[nH]cn1)NC(=O)[C@H](CO)NC(=O)[C@@H]1CCCN1C(=O)[C@@H](NC(=O)[C@H](C)NC(=O)[C@@H](NC(=O)[C@H](CO)NC(=O)[C@H](Cc1c[nH]cn1)NC(=O)[C@H](CCCNC(=N)N)NC(=O)[C@H](Cc1c[nH]c2ccccc12)NC(=O)[C@@H](NC(=O)[C@H](C)NC(=O)[C@@H](N)CCCNC(=N)N)C(C)C)C(C)C)[C@@H](C)O)C(C)C. The molecule has 34 N–H and O–H groups in total. The molecule has 6 heterocycles. The zero-order chi connectivity index (χ0) is 106. The van der Waals surface area contributed by atoms with Gasteiger partial charge in [-0.05, 0) is 128 Å². The van der Waals surface area contributed by atoms with Gasteiger partial charge in [-0.15, -0.1) is 0 Å². The number of Topliss-reactive ketones (excluding diaryl/α,β-unsaturated/α-hetero) is 1. The monoisotopic (exact) mass is 2040 g/mol. The highest BCUT2D eigenvalue weighted by Crippen LogP contribution is 2.33. The van der Waals surface area contributed by atoms with Gasteiger partial charge >= 0.3 is 6.03 Å². The summed E-state index contributed by atoms with van der Waals surface area (Å²) in [5.41, 5.74) is 18.6. The molecule has 3 fully saturated rings. The fourth-order valence-electron chi connectivity index (χ4n) is 16.3. The maximum atomic E-state index is 15.0. The summed E-state index contributed by atoms with van der Waals surface area (Å²) < 4.78 is 0. The van der Waals surface area contributed by atoms with Gasteiger partial charge < -0.3 is 158 Å². The van der Waals surface area contributed by atoms with E-state index in [2.05, 4.69) is 126 Å². The number of aliphatic hydroxyl groups is 4. The Balaban J connectivity index is 0.942. The average molecular weight is 2040 g/mol. The van der Waals surface area contributed by atoms with Crippen molar-refractivity contribution < 1.29 is 107 Å². The van der Waals surface area contributed by atoms with Gasteiger partial charge in [0.15, 0.2) is 17.7 Å². The Morgan fingerprint density at radius 1 is 0.486 bits per heavy atom. The maximum Gasteiger partial charge on any atom is 0.315 e. The van der Waals surface area contributed by atoms with E-state index in [9.17, 15) is 107 Å². The molecule has 0 spiro atoms. The summed E-state index contributed by atoms with van der Waals surface area (Å²) >= 11 is 1.80. The molecule has 0 saturated carbocycles. The molecule has 1 aromatic carbocycles. The number of imidazole rings is 2. The smallest absolute Gasteiger partial charge is 0.315 e. The molecule has 3 saturated heterocycles. The number of aromatic amines is 3. The molecule has 3 aliphatic heterocycles. The molecule has 144 heavy (non-hydrogen) atoms. The second-order valence-electron chi connectivity index (χ2n) is 37.1. The third kappa shape index (κ3) is 36.6. The molecule has 0 bridgehead atoms. The Bertz CT molecular complexity index is 5040. The molecular weight excluding hydrogens is 1900 g/mol. The van der Waals surface area contributed by atoms with Crippen LogP contribution in [0.4, 0.5) is 4.79 Å². The van der Waals surface area contributed by atoms with Crippen LogP contribution in [0.25, 0.3) is 10.9 Å². The number of nitrogens with one attached hydrogen (secondary N) is 24. The van der Waals surface area contributed by atoms with Crippen LogP contribution in [0.5, 0.6) is 0 Å². The second-order valence-corrected chi connectivity index (χ2v) is 38.4. The number of ketones is 1. The Labute approximate surface area is 836 Å². The van der Waals surface area contributed by atoms with Crippen molar-refractivity contribution in [2.24, 2.45) is 35.0 Å². The van der Waals surface area contributed by atoms with Crippen LogP contribution in [0.15, 0.2) is 55.5 Å². The van der Waals surface area contributed by atoms with Gasteiger partial charge in [-0.25, -0.2) is 14.8 Å². The first-order valence-electron chi connectivity index (χ1n) is 48.3. The molecule has 0 radical (unpaired) electrons. The van der Waals surface area contributed by atoms with Gasteiger partial charge in [0, 0.05) is 92.4 Å². The van der Waals surface area contributed by atoms with E-state index in [1.165, 1.54) is 59.7 Å². The zero-order valence-corrected chi connectivity index (χ0v) is 83.4. The molecule has 53 heteroatoms. The fraction of sp³-hybridized carbons (Fsp3) is 0.626. The molecule has 3 aliphatic rings. The number of thioether (sulfide) groups is 1. The van der Waals surface area contributed by atoms with Crippen LogP contribution in [0.3, 0.4) is 0 Å². The van der Waals surface area contributed by atoms with Gasteiger partial charge in [0.1, 0.15) is 84.6 Å². The van der Waals surface area contributed by atoms with Crippen LogP contribution >= 0.6 is 11.8 Å². The maximum absolute atomic E-state index is 15.0. The summed E-state index contributed by atoms with van der Waals surface area (Å²) in [6.07, 6.45) is 8.46. The number of likely N-dealkylation sites (tertiary alicyclic amines) is 1. The van der Waals surface area contributed by atoms with E-state index in [-0.39, 0.29) is 123 Å². The molecule has 7 rings (SSSR count). The van der Waals surface area contributed by atoms with Crippen molar-refractivity contribution in [3.8, 4) is 0 Å². The number of urea groups is 1. The Morgan fingerprint density at radius 2 is 0.931 bits per heavy atom. The molecule has 3 aromatic heterocycles. The predicted octanol–water partition coefficient (Wildman–Crippen LogP) is -7.76. The first-order chi connectivity index (χ1) is 68.3. The predicted molar refractivity (Wildman–Crippen MR) is 525 cm³/mol. The number of benzene rings is 1. The number of guanidine groups is 2. The van der Waals surface area contributed by atoms with Crippen LogP contribution in [0.1, 0.15) is 170 Å². The largest absolute Gasteiger partial charge is 0.394 e. The quantitative estimate of drug-likeness (QED) is 0.00845. The Morgan fingerprint density at radius 3 is 1.44 bits per heavy atom. The highest BCUT2D eigenvalue weighted by atomic mass is 32.2. The highest BCUT2D eigenvalue weighted by Gasteiger charge is 2.46. The van der Waals surface area contributed by atoms with Gasteiger partial charge in [-0.3, -0.25) is 92.3 Å². The number of hydrogen-bond donors (Lipinski definition) is 31. The first-order valence-corrected chi connectivity index (χ1v) is 49.3. The highest BCUT2D eigenvalue weighted by molar-refractivity contribution is 8.00. The molecule has 20 atom stereocenters. The van der Waals surface area contributed by atoms with Gasteiger partial charge in [0.05, 0.1) is 74.1 Å². The lowest BCUT2D eigenvalue weighted by Crippen LogP contribution is -2.62. The first kappa shape index (κ1) is 117. The Kier molecular flexibility index (Phi) is 47.4. The van der Waals surface area contributed by atoms with Gasteiger partial charge in [0.25, 0.3) is 0 Å². The molecule has 796 valence electrons. The number of carbonyl (C=O) groups is 18. The minimum Gasteiger partial charge on any atom is -0.394 e. The van der Waals surface area contributed by atoms with Gasteiger partial charge in [-0.2, -0.15) is 11.8 Å². The van der Waals surface area contributed by atoms with E-state index in [4.69, 9.17) is 28.0 Å². The zero-order valence-electron chi connectivity index (χ0n) is 82.6. The molecule has 4 aromatic rings. The van der Waals surface area contributed by atoms with E-state index in [0.29, 0.717) is 55.1 Å². The standard InChI is InChI=1S/C91H144N30O22S/c1-44(2)69(117-82(136)63(39-123)112-79(133)60(33-52-36-97-42-103-52)109-77(131)58(24-18-30-101-90(95)96)108-78(132)59(32-51-35-102-57-23-12-11-20-54(51)57)111-87(141)70(45(3)4)116-74(128)47(7)105-76(130)55(92)21-17-29-100-89(93)94)85(139)106-48(8)75(129)119-72(50(10)126)88(142)121-31-19-25-66(121)84(138)114-62(38-122)81(135)110-61(34-53-37-98-43-104-53)80(134)113-64(40-124)83(137)118-71(46(5)6)86(140)107-56(49(9)125)22-15-16-28-99-68(127)27-14-13-26-67-73-65(41-144-67)115-91(143)120-73/h11-12,20,23,35-37,42-48,50,55-56,58-67,69-73,102,122-124,126H,13-19,21-22,24-34,38-41,92H2,1-10H3,(H,97,103)(H,98,104)(H,99,127)(H,105,130)(H,106,139)(H,107,140)(H,108,132)(H,109,131)(H,110,135)(H,111,141)(H,112,133)(H,113,134)(H,114,138)(H,116,128)(H,117,136)(H,118,137)(H,119,129)(H4,93,94,100)(H4,95,96,101)(H2,115,120,143)/t47-,48-,50+,55-,56-,58-,59-,60-,61-,62-,63-,64-,65-,66-,67-,69-,70-,71-,72-,73-/m0/s1. The molecule has 18 amide bonds. The number of unbranched alkanes of at least 4 members (excludes halogenated alkanes) is 2. The number of amides is 18. The van der Waals surface area contributed by atoms with E-state index < -0.39 is 241 Å². The molecule has 52 nitrogen and oxygen atoms in total. The summed E-state index contributed by atoms with van der Waals surface area (Å²) in [7, 11) is 0. The van der Waals surface area contributed by atoms with Gasteiger partial charge in [-0.1, -0.05) is 66.2 Å². The van der Waals surface area contributed by atoms with Crippen molar-refractivity contribution in [1.82, 2.24) is 131 Å². The van der Waals surface area contributed by atoms with E-state index in [1.807, 2.05) is 0 Å². The molecule has 0 aliphatic carbocycles. The average Bonchev–Trinajstić information content (AvgIpc) is 1.67.